The number of rotatable bonds is 5. The van der Waals surface area contributed by atoms with Gasteiger partial charge < -0.3 is 19.9 Å². The number of morpholine rings is 1. The molecule has 0 aliphatic carbocycles. The Balaban J connectivity index is 0.00000192. The highest BCUT2D eigenvalue weighted by molar-refractivity contribution is 5.85. The lowest BCUT2D eigenvalue weighted by Gasteiger charge is -2.23. The van der Waals surface area contributed by atoms with Gasteiger partial charge in [0.25, 0.3) is 0 Å². The number of ether oxygens (including phenoxy) is 1. The SMILES string of the molecule is Cl.O=C(CC1COCCN1)NCc1cc(-c2ccccn2)no1. The summed E-state index contributed by atoms with van der Waals surface area (Å²) in [5, 5.41) is 10.0. The number of carbonyl (C=O) groups is 1. The van der Waals surface area contributed by atoms with E-state index in [1.165, 1.54) is 0 Å². The second-order valence-electron chi connectivity index (χ2n) is 5.10. The van der Waals surface area contributed by atoms with Crippen molar-refractivity contribution in [3.8, 4) is 11.4 Å². The van der Waals surface area contributed by atoms with Crippen LogP contribution in [0.5, 0.6) is 0 Å². The maximum absolute atomic E-state index is 11.9. The van der Waals surface area contributed by atoms with E-state index in [-0.39, 0.29) is 24.4 Å². The van der Waals surface area contributed by atoms with Gasteiger partial charge in [-0.15, -0.1) is 12.4 Å². The van der Waals surface area contributed by atoms with E-state index in [1.54, 1.807) is 12.3 Å². The molecular weight excluding hydrogens is 320 g/mol. The highest BCUT2D eigenvalue weighted by Gasteiger charge is 2.17. The van der Waals surface area contributed by atoms with Gasteiger partial charge in [-0.1, -0.05) is 11.2 Å². The first-order valence-corrected chi connectivity index (χ1v) is 7.26. The first-order chi connectivity index (χ1) is 10.8. The summed E-state index contributed by atoms with van der Waals surface area (Å²) in [7, 11) is 0. The van der Waals surface area contributed by atoms with Crippen LogP contribution < -0.4 is 10.6 Å². The highest BCUT2D eigenvalue weighted by atomic mass is 35.5. The predicted octanol–water partition coefficient (Wildman–Crippen LogP) is 1.15. The minimum absolute atomic E-state index is 0. The Hall–Kier alpha value is -1.96. The van der Waals surface area contributed by atoms with Gasteiger partial charge in [0.15, 0.2) is 5.76 Å². The van der Waals surface area contributed by atoms with Crippen LogP contribution >= 0.6 is 12.4 Å². The lowest BCUT2D eigenvalue weighted by Crippen LogP contribution is -2.44. The number of aromatic nitrogens is 2. The zero-order valence-corrected chi connectivity index (χ0v) is 13.3. The van der Waals surface area contributed by atoms with Gasteiger partial charge >= 0.3 is 0 Å². The summed E-state index contributed by atoms with van der Waals surface area (Å²) in [6.07, 6.45) is 2.09. The van der Waals surface area contributed by atoms with Crippen molar-refractivity contribution >= 4 is 18.3 Å². The number of amides is 1. The second kappa shape index (κ2) is 8.61. The van der Waals surface area contributed by atoms with Gasteiger partial charge in [-0.2, -0.15) is 0 Å². The van der Waals surface area contributed by atoms with E-state index >= 15 is 0 Å². The number of pyridine rings is 1. The largest absolute Gasteiger partial charge is 0.378 e. The number of hydrogen-bond acceptors (Lipinski definition) is 6. The first kappa shape index (κ1) is 17.4. The lowest BCUT2D eigenvalue weighted by atomic mass is 10.2. The number of nitrogens with zero attached hydrogens (tertiary/aromatic N) is 2. The molecule has 0 spiro atoms. The smallest absolute Gasteiger partial charge is 0.222 e. The van der Waals surface area contributed by atoms with Crippen LogP contribution in [0, 0.1) is 0 Å². The van der Waals surface area contributed by atoms with Gasteiger partial charge in [0.2, 0.25) is 5.91 Å². The first-order valence-electron chi connectivity index (χ1n) is 7.26. The minimum Gasteiger partial charge on any atom is -0.378 e. The van der Waals surface area contributed by atoms with Gasteiger partial charge in [0, 0.05) is 31.3 Å². The van der Waals surface area contributed by atoms with E-state index in [4.69, 9.17) is 9.26 Å². The summed E-state index contributed by atoms with van der Waals surface area (Å²) >= 11 is 0. The molecule has 1 saturated heterocycles. The molecule has 8 heteroatoms. The van der Waals surface area contributed by atoms with Crippen molar-refractivity contribution in [2.75, 3.05) is 19.8 Å². The third-order valence-electron chi connectivity index (χ3n) is 3.38. The summed E-state index contributed by atoms with van der Waals surface area (Å²) in [4.78, 5) is 16.1. The average Bonchev–Trinajstić information content (AvgIpc) is 3.04. The molecule has 23 heavy (non-hydrogen) atoms. The summed E-state index contributed by atoms with van der Waals surface area (Å²) in [5.41, 5.74) is 1.40. The average molecular weight is 339 g/mol. The van der Waals surface area contributed by atoms with Gasteiger partial charge in [-0.3, -0.25) is 9.78 Å². The number of halogens is 1. The van der Waals surface area contributed by atoms with Crippen LogP contribution in [-0.2, 0) is 16.1 Å². The quantitative estimate of drug-likeness (QED) is 0.850. The molecule has 0 radical (unpaired) electrons. The molecule has 3 heterocycles. The van der Waals surface area contributed by atoms with Crippen LogP contribution in [-0.4, -0.2) is 41.8 Å². The summed E-state index contributed by atoms with van der Waals surface area (Å²) < 4.78 is 10.5. The third-order valence-corrected chi connectivity index (χ3v) is 3.38. The van der Waals surface area contributed by atoms with Crippen molar-refractivity contribution in [2.24, 2.45) is 0 Å². The highest BCUT2D eigenvalue weighted by Crippen LogP contribution is 2.15. The maximum atomic E-state index is 11.9. The Morgan fingerprint density at radius 3 is 3.04 bits per heavy atom. The Bertz CT molecular complexity index is 614. The van der Waals surface area contributed by atoms with E-state index in [9.17, 15) is 4.79 Å². The Morgan fingerprint density at radius 2 is 2.30 bits per heavy atom. The zero-order valence-electron chi connectivity index (χ0n) is 12.5. The van der Waals surface area contributed by atoms with Crippen LogP contribution in [0.1, 0.15) is 12.2 Å². The molecule has 1 amide bonds. The molecule has 7 nitrogen and oxygen atoms in total. The van der Waals surface area contributed by atoms with E-state index in [1.807, 2.05) is 18.2 Å². The normalized spacial score (nSPS) is 17.3. The molecule has 2 N–H and O–H groups in total. The standard InChI is InChI=1S/C15H18N4O3.ClH/c20-15(7-11-10-21-6-5-16-11)18-9-12-8-14(19-22-12)13-3-1-2-4-17-13;/h1-4,8,11,16H,5-7,9-10H2,(H,18,20);1H. The molecule has 0 bridgehead atoms. The van der Waals surface area contributed by atoms with Crippen molar-refractivity contribution in [1.29, 1.82) is 0 Å². The molecule has 0 saturated carbocycles. The van der Waals surface area contributed by atoms with Crippen LogP contribution in [0.25, 0.3) is 11.4 Å². The predicted molar refractivity (Wildman–Crippen MR) is 86.1 cm³/mol. The number of hydrogen-bond donors (Lipinski definition) is 2. The summed E-state index contributed by atoms with van der Waals surface area (Å²) in [5.74, 6) is 0.556. The van der Waals surface area contributed by atoms with Crippen molar-refractivity contribution in [1.82, 2.24) is 20.8 Å². The molecular formula is C15H19ClN4O3. The van der Waals surface area contributed by atoms with Crippen LogP contribution in [0.2, 0.25) is 0 Å². The molecule has 2 aromatic heterocycles. The fourth-order valence-electron chi connectivity index (χ4n) is 2.26. The summed E-state index contributed by atoms with van der Waals surface area (Å²) in [6.45, 7) is 2.37. The van der Waals surface area contributed by atoms with E-state index in [2.05, 4.69) is 20.8 Å². The molecule has 1 aliphatic rings. The molecule has 1 unspecified atom stereocenters. The molecule has 1 aliphatic heterocycles. The summed E-state index contributed by atoms with van der Waals surface area (Å²) in [6, 6.07) is 7.44. The fraction of sp³-hybridized carbons (Fsp3) is 0.400. The minimum atomic E-state index is -0.0428. The van der Waals surface area contributed by atoms with Crippen molar-refractivity contribution in [3.63, 3.8) is 0 Å². The molecule has 0 aromatic carbocycles. The third kappa shape index (κ3) is 5.02. The molecule has 3 rings (SSSR count). The molecule has 124 valence electrons. The Kier molecular flexibility index (Phi) is 6.52. The maximum Gasteiger partial charge on any atom is 0.222 e. The van der Waals surface area contributed by atoms with Crippen LogP contribution in [0.3, 0.4) is 0 Å². The monoisotopic (exact) mass is 338 g/mol. The van der Waals surface area contributed by atoms with Crippen molar-refractivity contribution in [3.05, 3.63) is 36.2 Å². The van der Waals surface area contributed by atoms with Crippen molar-refractivity contribution in [2.45, 2.75) is 19.0 Å². The number of nitrogens with one attached hydrogen (secondary N) is 2. The lowest BCUT2D eigenvalue weighted by molar-refractivity contribution is -0.122. The van der Waals surface area contributed by atoms with Gasteiger partial charge in [0.1, 0.15) is 5.69 Å². The van der Waals surface area contributed by atoms with Gasteiger partial charge in [-0.05, 0) is 12.1 Å². The van der Waals surface area contributed by atoms with Crippen molar-refractivity contribution < 1.29 is 14.1 Å². The Labute approximate surface area is 140 Å². The van der Waals surface area contributed by atoms with E-state index in [0.29, 0.717) is 37.6 Å². The van der Waals surface area contributed by atoms with Gasteiger partial charge in [-0.25, -0.2) is 0 Å². The van der Waals surface area contributed by atoms with Crippen LogP contribution in [0.15, 0.2) is 35.0 Å². The Morgan fingerprint density at radius 1 is 1.39 bits per heavy atom. The molecule has 1 fully saturated rings. The molecule has 2 aromatic rings. The fourth-order valence-corrected chi connectivity index (χ4v) is 2.26. The zero-order chi connectivity index (χ0) is 15.2. The van der Waals surface area contributed by atoms with E-state index in [0.717, 1.165) is 12.2 Å². The topological polar surface area (TPSA) is 89.3 Å². The van der Waals surface area contributed by atoms with Gasteiger partial charge in [0.05, 0.1) is 25.5 Å². The van der Waals surface area contributed by atoms with E-state index < -0.39 is 0 Å². The number of carbonyl (C=O) groups excluding carboxylic acids is 1. The van der Waals surface area contributed by atoms with Crippen LogP contribution in [0.4, 0.5) is 0 Å². The second-order valence-corrected chi connectivity index (χ2v) is 5.10. The molecule has 1 atom stereocenters.